The molecule has 2 aromatic heterocycles. The van der Waals surface area contributed by atoms with E-state index < -0.39 is 0 Å². The molecule has 1 aliphatic heterocycles. The first-order valence-electron chi connectivity index (χ1n) is 9.30. The number of aromatic nitrogens is 4. The fourth-order valence-electron chi connectivity index (χ4n) is 3.36. The third kappa shape index (κ3) is 3.93. The van der Waals surface area contributed by atoms with E-state index in [-0.39, 0.29) is 11.5 Å². The van der Waals surface area contributed by atoms with E-state index in [2.05, 4.69) is 16.4 Å². The van der Waals surface area contributed by atoms with Gasteiger partial charge in [-0.25, -0.2) is 0 Å². The average Bonchev–Trinajstić information content (AvgIpc) is 3.26. The van der Waals surface area contributed by atoms with Gasteiger partial charge in [0.1, 0.15) is 0 Å². The number of rotatable bonds is 5. The smallest absolute Gasteiger partial charge is 0.255 e. The van der Waals surface area contributed by atoms with Gasteiger partial charge in [0, 0.05) is 43.7 Å². The number of carbonyl (C=O) groups excluding carboxylic acids is 1. The Balaban J connectivity index is 1.43. The van der Waals surface area contributed by atoms with Crippen molar-refractivity contribution in [2.24, 2.45) is 0 Å². The van der Waals surface area contributed by atoms with E-state index >= 15 is 0 Å². The molecule has 0 N–H and O–H groups in total. The number of aryl methyl sites for hydroxylation is 1. The number of amides is 1. The Morgan fingerprint density at radius 3 is 2.68 bits per heavy atom. The molecule has 3 aromatic rings. The number of carbonyl (C=O) groups is 1. The molecule has 0 aliphatic carbocycles. The molecule has 28 heavy (non-hydrogen) atoms. The molecule has 0 spiro atoms. The second kappa shape index (κ2) is 8.04. The molecule has 1 amide bonds. The predicted octanol–water partition coefficient (Wildman–Crippen LogP) is 2.13. The highest BCUT2D eigenvalue weighted by atomic mass is 16.2. The molecule has 1 aromatic carbocycles. The van der Waals surface area contributed by atoms with Crippen molar-refractivity contribution in [3.05, 3.63) is 83.0 Å². The zero-order chi connectivity index (χ0) is 19.3. The maximum atomic E-state index is 12.5. The molecular formula is C21H21N5O2. The zero-order valence-electron chi connectivity index (χ0n) is 15.4. The van der Waals surface area contributed by atoms with Crippen molar-refractivity contribution in [2.75, 3.05) is 13.1 Å². The number of nitrogens with zero attached hydrogens (tertiary/aromatic N) is 5. The van der Waals surface area contributed by atoms with Crippen LogP contribution in [-0.4, -0.2) is 43.5 Å². The Hall–Kier alpha value is -3.48. The van der Waals surface area contributed by atoms with Crippen molar-refractivity contribution in [3.63, 3.8) is 0 Å². The highest BCUT2D eigenvalue weighted by Crippen LogP contribution is 2.22. The van der Waals surface area contributed by atoms with Gasteiger partial charge in [-0.15, -0.1) is 5.10 Å². The molecule has 1 aliphatic rings. The molecular weight excluding hydrogens is 354 g/mol. The molecule has 0 bridgehead atoms. The van der Waals surface area contributed by atoms with E-state index in [4.69, 9.17) is 0 Å². The normalized spacial score (nSPS) is 14.0. The number of pyridine rings is 1. The van der Waals surface area contributed by atoms with E-state index in [1.165, 1.54) is 0 Å². The molecule has 0 saturated carbocycles. The predicted molar refractivity (Wildman–Crippen MR) is 106 cm³/mol. The topological polar surface area (TPSA) is 73.0 Å². The van der Waals surface area contributed by atoms with Gasteiger partial charge >= 0.3 is 0 Å². The van der Waals surface area contributed by atoms with Gasteiger partial charge in [-0.05, 0) is 35.8 Å². The summed E-state index contributed by atoms with van der Waals surface area (Å²) >= 11 is 0. The van der Waals surface area contributed by atoms with Crippen molar-refractivity contribution in [1.82, 2.24) is 24.5 Å². The second-order valence-corrected chi connectivity index (χ2v) is 6.71. The Bertz CT molecular complexity index is 1040. The fourth-order valence-corrected chi connectivity index (χ4v) is 3.36. The molecule has 0 saturated heterocycles. The summed E-state index contributed by atoms with van der Waals surface area (Å²) < 4.78 is 3.28. The van der Waals surface area contributed by atoms with Crippen LogP contribution in [0.25, 0.3) is 11.3 Å². The summed E-state index contributed by atoms with van der Waals surface area (Å²) in [5.74, 6) is 0.119. The molecule has 0 fully saturated rings. The molecule has 142 valence electrons. The Morgan fingerprint density at radius 1 is 1.07 bits per heavy atom. The van der Waals surface area contributed by atoms with E-state index in [9.17, 15) is 9.59 Å². The standard InChI is InChI=1S/C21H21N5O2/c27-20(10-14-25-15-11-22-23-25)24-12-3-4-18(16-24)17-6-8-19(9-7-17)26-13-2-1-5-21(26)28/h1-2,4-9,11,13,15H,3,10,12,14,16H2. The lowest BCUT2D eigenvalue weighted by Crippen LogP contribution is -2.35. The van der Waals surface area contributed by atoms with Gasteiger partial charge in [0.2, 0.25) is 5.91 Å². The van der Waals surface area contributed by atoms with Crippen LogP contribution in [0.1, 0.15) is 18.4 Å². The number of hydrogen-bond donors (Lipinski definition) is 0. The largest absolute Gasteiger partial charge is 0.338 e. The van der Waals surface area contributed by atoms with E-state index in [0.29, 0.717) is 19.5 Å². The first kappa shape index (κ1) is 17.9. The molecule has 7 heteroatoms. The summed E-state index contributed by atoms with van der Waals surface area (Å²) in [6, 6.07) is 13.0. The maximum absolute atomic E-state index is 12.5. The highest BCUT2D eigenvalue weighted by Gasteiger charge is 2.19. The van der Waals surface area contributed by atoms with Gasteiger partial charge < -0.3 is 4.90 Å². The van der Waals surface area contributed by atoms with E-state index in [0.717, 1.165) is 29.8 Å². The average molecular weight is 375 g/mol. The molecule has 4 rings (SSSR count). The van der Waals surface area contributed by atoms with Gasteiger partial charge in [-0.2, -0.15) is 0 Å². The Labute approximate surface area is 162 Å². The Morgan fingerprint density at radius 2 is 1.93 bits per heavy atom. The van der Waals surface area contributed by atoms with Crippen LogP contribution in [0, 0.1) is 0 Å². The summed E-state index contributed by atoms with van der Waals surface area (Å²) in [6.07, 6.45) is 8.56. The SMILES string of the molecule is O=C(CCn1ccnn1)N1CCC=C(c2ccc(-n3ccccc3=O)cc2)C1. The van der Waals surface area contributed by atoms with E-state index in [1.807, 2.05) is 35.2 Å². The lowest BCUT2D eigenvalue weighted by molar-refractivity contribution is -0.131. The lowest BCUT2D eigenvalue weighted by Gasteiger charge is -2.28. The van der Waals surface area contributed by atoms with Crippen molar-refractivity contribution in [2.45, 2.75) is 19.4 Å². The minimum Gasteiger partial charge on any atom is -0.338 e. The van der Waals surface area contributed by atoms with Crippen molar-refractivity contribution in [1.29, 1.82) is 0 Å². The van der Waals surface area contributed by atoms with Crippen LogP contribution in [0.2, 0.25) is 0 Å². The molecule has 3 heterocycles. The van der Waals surface area contributed by atoms with Crippen molar-refractivity contribution < 1.29 is 4.79 Å². The second-order valence-electron chi connectivity index (χ2n) is 6.71. The quantitative estimate of drug-likeness (QED) is 0.685. The summed E-state index contributed by atoms with van der Waals surface area (Å²) in [6.45, 7) is 1.87. The van der Waals surface area contributed by atoms with Gasteiger partial charge in [-0.1, -0.05) is 29.5 Å². The van der Waals surface area contributed by atoms with Gasteiger partial charge in [0.25, 0.3) is 5.56 Å². The van der Waals surface area contributed by atoms with Crippen LogP contribution in [0.4, 0.5) is 0 Å². The molecule has 7 nitrogen and oxygen atoms in total. The molecule has 0 atom stereocenters. The maximum Gasteiger partial charge on any atom is 0.255 e. The third-order valence-corrected chi connectivity index (χ3v) is 4.87. The van der Waals surface area contributed by atoms with Crippen LogP contribution in [0.3, 0.4) is 0 Å². The van der Waals surface area contributed by atoms with Gasteiger partial charge in [0.15, 0.2) is 0 Å². The zero-order valence-corrected chi connectivity index (χ0v) is 15.4. The monoisotopic (exact) mass is 375 g/mol. The van der Waals surface area contributed by atoms with Crippen LogP contribution >= 0.6 is 0 Å². The molecule has 0 unspecified atom stereocenters. The van der Waals surface area contributed by atoms with Crippen molar-refractivity contribution >= 4 is 11.5 Å². The van der Waals surface area contributed by atoms with Gasteiger partial charge in [0.05, 0.1) is 12.7 Å². The first-order chi connectivity index (χ1) is 13.7. The first-order valence-corrected chi connectivity index (χ1v) is 9.30. The van der Waals surface area contributed by atoms with E-state index in [1.54, 1.807) is 40.0 Å². The summed E-state index contributed by atoms with van der Waals surface area (Å²) in [4.78, 5) is 26.4. The highest BCUT2D eigenvalue weighted by molar-refractivity contribution is 5.80. The van der Waals surface area contributed by atoms with Crippen LogP contribution in [-0.2, 0) is 11.3 Å². The summed E-state index contributed by atoms with van der Waals surface area (Å²) in [5, 5.41) is 7.65. The minimum atomic E-state index is -0.0590. The summed E-state index contributed by atoms with van der Waals surface area (Å²) in [5.41, 5.74) is 2.97. The number of benzene rings is 1. The molecule has 0 radical (unpaired) electrons. The van der Waals surface area contributed by atoms with Crippen molar-refractivity contribution in [3.8, 4) is 5.69 Å². The fraction of sp³-hybridized carbons (Fsp3) is 0.238. The lowest BCUT2D eigenvalue weighted by atomic mass is 10.0. The number of hydrogen-bond acceptors (Lipinski definition) is 4. The summed E-state index contributed by atoms with van der Waals surface area (Å²) in [7, 11) is 0. The van der Waals surface area contributed by atoms with Crippen LogP contribution in [0.5, 0.6) is 0 Å². The minimum absolute atomic E-state index is 0.0590. The van der Waals surface area contributed by atoms with Crippen LogP contribution in [0.15, 0.2) is 71.9 Å². The third-order valence-electron chi connectivity index (χ3n) is 4.87. The van der Waals surface area contributed by atoms with Gasteiger partial charge in [-0.3, -0.25) is 18.8 Å². The van der Waals surface area contributed by atoms with Crippen LogP contribution < -0.4 is 5.56 Å². The Kier molecular flexibility index (Phi) is 5.14.